The standard InChI is InChI=1S/C20H20N2O3/c1-3-14-9-11-15(12-10-14)17-13-18(25-22-17)21-20(23)19(24-2)16-7-5-4-6-8-16/h4-13,19H,3H2,1-2H3,(H,21,23). The van der Waals surface area contributed by atoms with Crippen molar-refractivity contribution >= 4 is 11.8 Å². The lowest BCUT2D eigenvalue weighted by molar-refractivity contribution is -0.126. The van der Waals surface area contributed by atoms with Crippen LogP contribution in [0.2, 0.25) is 0 Å². The van der Waals surface area contributed by atoms with Crippen LogP contribution in [0.3, 0.4) is 0 Å². The van der Waals surface area contributed by atoms with Gasteiger partial charge in [-0.1, -0.05) is 66.7 Å². The summed E-state index contributed by atoms with van der Waals surface area (Å²) in [5, 5.41) is 6.73. The molecule has 0 bridgehead atoms. The molecular formula is C20H20N2O3. The Morgan fingerprint density at radius 1 is 1.16 bits per heavy atom. The van der Waals surface area contributed by atoms with E-state index in [1.807, 2.05) is 42.5 Å². The SMILES string of the molecule is CCc1ccc(-c2cc(NC(=O)C(OC)c3ccccc3)on2)cc1. The minimum Gasteiger partial charge on any atom is -0.367 e. The van der Waals surface area contributed by atoms with Crippen LogP contribution in [0.5, 0.6) is 0 Å². The topological polar surface area (TPSA) is 64.4 Å². The van der Waals surface area contributed by atoms with Crippen molar-refractivity contribution in [2.24, 2.45) is 0 Å². The molecular weight excluding hydrogens is 316 g/mol. The number of nitrogens with zero attached hydrogens (tertiary/aromatic N) is 1. The van der Waals surface area contributed by atoms with Gasteiger partial charge >= 0.3 is 0 Å². The minimum absolute atomic E-state index is 0.289. The molecule has 3 rings (SSSR count). The van der Waals surface area contributed by atoms with Crippen LogP contribution < -0.4 is 5.32 Å². The zero-order valence-corrected chi connectivity index (χ0v) is 14.2. The van der Waals surface area contributed by atoms with E-state index in [4.69, 9.17) is 9.26 Å². The van der Waals surface area contributed by atoms with Crippen molar-refractivity contribution in [1.29, 1.82) is 0 Å². The van der Waals surface area contributed by atoms with E-state index in [0.717, 1.165) is 17.5 Å². The Kier molecular flexibility index (Phi) is 5.26. The Bertz CT molecular complexity index is 826. The third kappa shape index (κ3) is 3.95. The highest BCUT2D eigenvalue weighted by Gasteiger charge is 2.21. The molecule has 1 aromatic heterocycles. The van der Waals surface area contributed by atoms with Crippen molar-refractivity contribution in [1.82, 2.24) is 5.16 Å². The second kappa shape index (κ2) is 7.77. The van der Waals surface area contributed by atoms with Crippen molar-refractivity contribution in [3.63, 3.8) is 0 Å². The molecule has 2 aromatic carbocycles. The summed E-state index contributed by atoms with van der Waals surface area (Å²) < 4.78 is 10.6. The minimum atomic E-state index is -0.710. The summed E-state index contributed by atoms with van der Waals surface area (Å²) in [4.78, 5) is 12.4. The number of anilines is 1. The lowest BCUT2D eigenvalue weighted by atomic mass is 10.1. The molecule has 0 fully saturated rings. The van der Waals surface area contributed by atoms with Gasteiger partial charge in [0.1, 0.15) is 5.69 Å². The van der Waals surface area contributed by atoms with Crippen LogP contribution >= 0.6 is 0 Å². The number of rotatable bonds is 6. The Morgan fingerprint density at radius 3 is 2.52 bits per heavy atom. The third-order valence-corrected chi connectivity index (χ3v) is 3.99. The summed E-state index contributed by atoms with van der Waals surface area (Å²) in [5.41, 5.74) is 3.64. The van der Waals surface area contributed by atoms with Gasteiger partial charge < -0.3 is 9.26 Å². The summed E-state index contributed by atoms with van der Waals surface area (Å²) in [5.74, 6) is -0.0183. The smallest absolute Gasteiger partial charge is 0.260 e. The van der Waals surface area contributed by atoms with E-state index in [0.29, 0.717) is 5.69 Å². The fourth-order valence-electron chi connectivity index (χ4n) is 2.59. The first-order valence-corrected chi connectivity index (χ1v) is 8.16. The number of carbonyl (C=O) groups is 1. The molecule has 0 aliphatic heterocycles. The number of amides is 1. The highest BCUT2D eigenvalue weighted by molar-refractivity contribution is 5.94. The molecule has 1 amide bonds. The van der Waals surface area contributed by atoms with Gasteiger partial charge in [0.2, 0.25) is 5.88 Å². The average Bonchev–Trinajstić information content (AvgIpc) is 3.12. The van der Waals surface area contributed by atoms with Gasteiger partial charge in [0.15, 0.2) is 6.10 Å². The molecule has 5 nitrogen and oxygen atoms in total. The molecule has 128 valence electrons. The van der Waals surface area contributed by atoms with Crippen LogP contribution in [-0.2, 0) is 16.0 Å². The van der Waals surface area contributed by atoms with Gasteiger partial charge in [-0.3, -0.25) is 10.1 Å². The third-order valence-electron chi connectivity index (χ3n) is 3.99. The van der Waals surface area contributed by atoms with Gasteiger partial charge in [-0.15, -0.1) is 0 Å². The number of hydrogen-bond donors (Lipinski definition) is 1. The summed E-state index contributed by atoms with van der Waals surface area (Å²) in [6.07, 6.45) is 0.275. The molecule has 0 saturated carbocycles. The van der Waals surface area contributed by atoms with Gasteiger partial charge in [-0.05, 0) is 17.5 Å². The number of aryl methyl sites for hydroxylation is 1. The molecule has 0 saturated heterocycles. The Balaban J connectivity index is 1.72. The predicted molar refractivity (Wildman–Crippen MR) is 96.1 cm³/mol. The number of hydrogen-bond acceptors (Lipinski definition) is 4. The van der Waals surface area contributed by atoms with Gasteiger partial charge in [-0.2, -0.15) is 0 Å². The molecule has 0 spiro atoms. The summed E-state index contributed by atoms with van der Waals surface area (Å²) in [6, 6.07) is 19.1. The molecule has 5 heteroatoms. The molecule has 25 heavy (non-hydrogen) atoms. The van der Waals surface area contributed by atoms with Gasteiger partial charge in [0.25, 0.3) is 5.91 Å². The quantitative estimate of drug-likeness (QED) is 0.731. The monoisotopic (exact) mass is 336 g/mol. The Hall–Kier alpha value is -2.92. The van der Waals surface area contributed by atoms with E-state index in [1.54, 1.807) is 6.07 Å². The maximum atomic E-state index is 12.4. The van der Waals surface area contributed by atoms with E-state index in [2.05, 4.69) is 29.5 Å². The fraction of sp³-hybridized carbons (Fsp3) is 0.200. The second-order valence-corrected chi connectivity index (χ2v) is 5.64. The van der Waals surface area contributed by atoms with Crippen LogP contribution in [0.15, 0.2) is 65.2 Å². The largest absolute Gasteiger partial charge is 0.367 e. The highest BCUT2D eigenvalue weighted by Crippen LogP contribution is 2.24. The number of nitrogens with one attached hydrogen (secondary N) is 1. The molecule has 1 unspecified atom stereocenters. The van der Waals surface area contributed by atoms with Gasteiger partial charge in [0.05, 0.1) is 0 Å². The normalized spacial score (nSPS) is 11.9. The Labute approximate surface area is 146 Å². The number of benzene rings is 2. The lowest BCUT2D eigenvalue weighted by Gasteiger charge is -2.14. The molecule has 1 atom stereocenters. The Morgan fingerprint density at radius 2 is 1.88 bits per heavy atom. The molecule has 1 N–H and O–H groups in total. The van der Waals surface area contributed by atoms with E-state index in [1.165, 1.54) is 12.7 Å². The predicted octanol–water partition coefficient (Wildman–Crippen LogP) is 4.23. The van der Waals surface area contributed by atoms with Crippen LogP contribution in [-0.4, -0.2) is 18.2 Å². The van der Waals surface area contributed by atoms with E-state index in [9.17, 15) is 4.79 Å². The summed E-state index contributed by atoms with van der Waals surface area (Å²) in [7, 11) is 1.50. The summed E-state index contributed by atoms with van der Waals surface area (Å²) in [6.45, 7) is 2.11. The van der Waals surface area contributed by atoms with Gasteiger partial charge in [0, 0.05) is 18.7 Å². The highest BCUT2D eigenvalue weighted by atomic mass is 16.5. The van der Waals surface area contributed by atoms with Crippen LogP contribution in [0, 0.1) is 0 Å². The molecule has 0 aliphatic carbocycles. The number of aromatic nitrogens is 1. The van der Waals surface area contributed by atoms with E-state index >= 15 is 0 Å². The van der Waals surface area contributed by atoms with Crippen molar-refractivity contribution < 1.29 is 14.1 Å². The maximum absolute atomic E-state index is 12.4. The fourth-order valence-corrected chi connectivity index (χ4v) is 2.59. The molecule has 0 aliphatic rings. The van der Waals surface area contributed by atoms with Crippen molar-refractivity contribution in [2.45, 2.75) is 19.4 Å². The molecule has 0 radical (unpaired) electrons. The van der Waals surface area contributed by atoms with Crippen LogP contribution in [0.1, 0.15) is 24.2 Å². The van der Waals surface area contributed by atoms with Crippen molar-refractivity contribution in [3.8, 4) is 11.3 Å². The lowest BCUT2D eigenvalue weighted by Crippen LogP contribution is -2.22. The number of methoxy groups -OCH3 is 1. The first-order valence-electron chi connectivity index (χ1n) is 8.16. The van der Waals surface area contributed by atoms with Crippen molar-refractivity contribution in [2.75, 3.05) is 12.4 Å². The molecule has 1 heterocycles. The zero-order chi connectivity index (χ0) is 17.6. The van der Waals surface area contributed by atoms with E-state index in [-0.39, 0.29) is 11.8 Å². The van der Waals surface area contributed by atoms with Crippen molar-refractivity contribution in [3.05, 3.63) is 71.8 Å². The number of ether oxygens (including phenoxy) is 1. The average molecular weight is 336 g/mol. The summed E-state index contributed by atoms with van der Waals surface area (Å²) >= 11 is 0. The van der Waals surface area contributed by atoms with Gasteiger partial charge in [-0.25, -0.2) is 0 Å². The van der Waals surface area contributed by atoms with E-state index < -0.39 is 6.10 Å². The van der Waals surface area contributed by atoms with Crippen LogP contribution in [0.25, 0.3) is 11.3 Å². The van der Waals surface area contributed by atoms with Crippen LogP contribution in [0.4, 0.5) is 5.88 Å². The zero-order valence-electron chi connectivity index (χ0n) is 14.2. The first kappa shape index (κ1) is 16.9. The molecule has 3 aromatic rings. The second-order valence-electron chi connectivity index (χ2n) is 5.64. The first-order chi connectivity index (χ1) is 12.2. The maximum Gasteiger partial charge on any atom is 0.260 e. The number of carbonyl (C=O) groups excluding carboxylic acids is 1.